The summed E-state index contributed by atoms with van der Waals surface area (Å²) >= 11 is 3.04. The third-order valence-electron chi connectivity index (χ3n) is 2.43. The maximum Gasteiger partial charge on any atom is 0.244 e. The molecule has 100 valence electrons. The second-order valence-electron chi connectivity index (χ2n) is 3.91. The summed E-state index contributed by atoms with van der Waals surface area (Å²) < 4.78 is 0. The maximum atomic E-state index is 11.7. The van der Waals surface area contributed by atoms with Crippen LogP contribution in [-0.4, -0.2) is 16.0 Å². The Bertz CT molecular complexity index is 573. The zero-order valence-electron chi connectivity index (χ0n) is 10.4. The lowest BCUT2D eigenvalue weighted by atomic mass is 10.2. The first-order valence-electron chi connectivity index (χ1n) is 5.73. The number of hydrogen-bond acceptors (Lipinski definition) is 5. The molecule has 0 aliphatic carbocycles. The highest BCUT2D eigenvalue weighted by Gasteiger charge is 2.04. The summed E-state index contributed by atoms with van der Waals surface area (Å²) in [7, 11) is 0. The van der Waals surface area contributed by atoms with Crippen molar-refractivity contribution in [2.45, 2.75) is 20.1 Å². The number of carbonyl (C=O) groups is 1. The van der Waals surface area contributed by atoms with Crippen molar-refractivity contribution in [3.8, 4) is 0 Å². The number of thiophene rings is 1. The topological polar surface area (TPSA) is 62.2 Å². The van der Waals surface area contributed by atoms with Crippen LogP contribution in [-0.2, 0) is 17.9 Å². The number of thiazole rings is 1. The van der Waals surface area contributed by atoms with Crippen LogP contribution in [0, 0.1) is 0 Å². The lowest BCUT2D eigenvalue weighted by Gasteiger charge is -2.00. The van der Waals surface area contributed by atoms with Crippen LogP contribution in [0.3, 0.4) is 0 Å². The highest BCUT2D eigenvalue weighted by molar-refractivity contribution is 7.11. The fraction of sp³-hybridized carbons (Fsp3) is 0.231. The summed E-state index contributed by atoms with van der Waals surface area (Å²) in [6.45, 7) is 2.23. The van der Waals surface area contributed by atoms with E-state index in [4.69, 9.17) is 5.11 Å². The van der Waals surface area contributed by atoms with Crippen molar-refractivity contribution in [2.75, 3.05) is 0 Å². The highest BCUT2D eigenvalue weighted by atomic mass is 32.1. The number of carbonyl (C=O) groups excluding carboxylic acids is 1. The molecular weight excluding hydrogens is 280 g/mol. The Labute approximate surface area is 119 Å². The van der Waals surface area contributed by atoms with Crippen LogP contribution in [0.5, 0.6) is 0 Å². The molecule has 0 fully saturated rings. The second kappa shape index (κ2) is 6.60. The molecule has 0 bridgehead atoms. The monoisotopic (exact) mass is 294 g/mol. The summed E-state index contributed by atoms with van der Waals surface area (Å²) in [4.78, 5) is 17.0. The standard InChI is InChI=1S/C13H14N2O2S2/c1-9(11-3-2-4-18-11)5-12(17)14-6-13-15-10(7-16)8-19-13/h2-5,8,16H,6-7H2,1H3,(H,14,17)/b9-5+. The molecule has 2 aromatic heterocycles. The van der Waals surface area contributed by atoms with Crippen molar-refractivity contribution in [1.29, 1.82) is 0 Å². The van der Waals surface area contributed by atoms with Crippen molar-refractivity contribution in [1.82, 2.24) is 10.3 Å². The van der Waals surface area contributed by atoms with Gasteiger partial charge in [0, 0.05) is 16.3 Å². The molecule has 0 spiro atoms. The summed E-state index contributed by atoms with van der Waals surface area (Å²) in [6, 6.07) is 3.94. The number of amides is 1. The average molecular weight is 294 g/mol. The number of aliphatic hydroxyl groups excluding tert-OH is 1. The van der Waals surface area contributed by atoms with Crippen LogP contribution in [0.4, 0.5) is 0 Å². The van der Waals surface area contributed by atoms with Gasteiger partial charge in [0.1, 0.15) is 5.01 Å². The highest BCUT2D eigenvalue weighted by Crippen LogP contribution is 2.19. The summed E-state index contributed by atoms with van der Waals surface area (Å²) in [5.74, 6) is -0.133. The predicted octanol–water partition coefficient (Wildman–Crippen LogP) is 2.42. The van der Waals surface area contributed by atoms with Gasteiger partial charge in [0.15, 0.2) is 0 Å². The number of nitrogens with one attached hydrogen (secondary N) is 1. The van der Waals surface area contributed by atoms with E-state index < -0.39 is 0 Å². The van der Waals surface area contributed by atoms with E-state index in [2.05, 4.69) is 10.3 Å². The van der Waals surface area contributed by atoms with Gasteiger partial charge in [-0.1, -0.05) is 6.07 Å². The third-order valence-corrected chi connectivity index (χ3v) is 4.34. The van der Waals surface area contributed by atoms with Gasteiger partial charge in [-0.25, -0.2) is 4.98 Å². The van der Waals surface area contributed by atoms with Gasteiger partial charge in [0.05, 0.1) is 18.8 Å². The fourth-order valence-corrected chi connectivity index (χ4v) is 2.92. The molecule has 0 radical (unpaired) electrons. The Hall–Kier alpha value is -1.50. The van der Waals surface area contributed by atoms with Gasteiger partial charge in [-0.3, -0.25) is 4.79 Å². The molecule has 0 atom stereocenters. The van der Waals surface area contributed by atoms with Crippen LogP contribution in [0.25, 0.3) is 5.57 Å². The Morgan fingerprint density at radius 2 is 2.37 bits per heavy atom. The van der Waals surface area contributed by atoms with Crippen molar-refractivity contribution in [3.63, 3.8) is 0 Å². The van der Waals surface area contributed by atoms with E-state index in [0.29, 0.717) is 12.2 Å². The van der Waals surface area contributed by atoms with Crippen molar-refractivity contribution in [2.24, 2.45) is 0 Å². The lowest BCUT2D eigenvalue weighted by molar-refractivity contribution is -0.116. The molecule has 2 N–H and O–H groups in total. The number of hydrogen-bond donors (Lipinski definition) is 2. The normalized spacial score (nSPS) is 11.6. The van der Waals surface area contributed by atoms with Crippen molar-refractivity contribution in [3.05, 3.63) is 44.5 Å². The van der Waals surface area contributed by atoms with Crippen LogP contribution >= 0.6 is 22.7 Å². The minimum absolute atomic E-state index is 0.0676. The molecular formula is C13H14N2O2S2. The number of rotatable bonds is 5. The van der Waals surface area contributed by atoms with Crippen LogP contribution in [0.15, 0.2) is 29.0 Å². The first kappa shape index (κ1) is 13.9. The fourth-order valence-electron chi connectivity index (χ4n) is 1.49. The molecule has 0 saturated heterocycles. The minimum Gasteiger partial charge on any atom is -0.390 e. The van der Waals surface area contributed by atoms with Crippen molar-refractivity contribution >= 4 is 34.2 Å². The minimum atomic E-state index is -0.133. The first-order valence-corrected chi connectivity index (χ1v) is 7.49. The number of aliphatic hydroxyl groups is 1. The summed E-state index contributed by atoms with van der Waals surface area (Å²) in [5, 5.41) is 16.2. The van der Waals surface area contributed by atoms with Gasteiger partial charge >= 0.3 is 0 Å². The smallest absolute Gasteiger partial charge is 0.244 e. The summed E-state index contributed by atoms with van der Waals surface area (Å²) in [5.41, 5.74) is 1.59. The van der Waals surface area contributed by atoms with E-state index in [-0.39, 0.29) is 12.5 Å². The molecule has 2 rings (SSSR count). The molecule has 19 heavy (non-hydrogen) atoms. The van der Waals surface area contributed by atoms with Gasteiger partial charge < -0.3 is 10.4 Å². The molecule has 0 saturated carbocycles. The van der Waals surface area contributed by atoms with E-state index in [1.807, 2.05) is 24.4 Å². The number of aromatic nitrogens is 1. The lowest BCUT2D eigenvalue weighted by Crippen LogP contribution is -2.20. The van der Waals surface area contributed by atoms with Gasteiger partial charge in [-0.15, -0.1) is 22.7 Å². The van der Waals surface area contributed by atoms with E-state index in [1.165, 1.54) is 11.3 Å². The number of allylic oxidation sites excluding steroid dienone is 1. The van der Waals surface area contributed by atoms with E-state index in [9.17, 15) is 4.79 Å². The van der Waals surface area contributed by atoms with Gasteiger partial charge in [0.2, 0.25) is 5.91 Å². The zero-order valence-corrected chi connectivity index (χ0v) is 12.1. The Morgan fingerprint density at radius 1 is 1.53 bits per heavy atom. The van der Waals surface area contributed by atoms with Crippen LogP contribution in [0.1, 0.15) is 22.5 Å². The Morgan fingerprint density at radius 3 is 3.00 bits per heavy atom. The Kier molecular flexibility index (Phi) is 4.84. The molecule has 4 nitrogen and oxygen atoms in total. The largest absolute Gasteiger partial charge is 0.390 e. The maximum absolute atomic E-state index is 11.7. The molecule has 6 heteroatoms. The molecule has 2 heterocycles. The third kappa shape index (κ3) is 3.99. The van der Waals surface area contributed by atoms with Gasteiger partial charge in [-0.05, 0) is 23.9 Å². The quantitative estimate of drug-likeness (QED) is 0.833. The molecule has 0 aromatic carbocycles. The zero-order chi connectivity index (χ0) is 13.7. The van der Waals surface area contributed by atoms with Crippen molar-refractivity contribution < 1.29 is 9.90 Å². The molecule has 0 aliphatic heterocycles. The first-order chi connectivity index (χ1) is 9.19. The molecule has 1 amide bonds. The summed E-state index contributed by atoms with van der Waals surface area (Å²) in [6.07, 6.45) is 1.59. The molecule has 2 aromatic rings. The SMILES string of the molecule is C/C(=C\C(=O)NCc1nc(CO)cs1)c1cccs1. The van der Waals surface area contributed by atoms with E-state index >= 15 is 0 Å². The molecule has 0 unspecified atom stereocenters. The molecule has 0 aliphatic rings. The Balaban J connectivity index is 1.89. The van der Waals surface area contributed by atoms with Gasteiger partial charge in [0.25, 0.3) is 0 Å². The van der Waals surface area contributed by atoms with Crippen LogP contribution < -0.4 is 5.32 Å². The van der Waals surface area contributed by atoms with Crippen LogP contribution in [0.2, 0.25) is 0 Å². The van der Waals surface area contributed by atoms with E-state index in [1.54, 1.807) is 22.8 Å². The second-order valence-corrected chi connectivity index (χ2v) is 5.80. The van der Waals surface area contributed by atoms with Gasteiger partial charge in [-0.2, -0.15) is 0 Å². The average Bonchev–Trinajstić information content (AvgIpc) is 3.07. The predicted molar refractivity (Wildman–Crippen MR) is 77.9 cm³/mol. The van der Waals surface area contributed by atoms with E-state index in [0.717, 1.165) is 15.5 Å². The number of nitrogens with zero attached hydrogens (tertiary/aromatic N) is 1.